The molecule has 11 aromatic carbocycles. The van der Waals surface area contributed by atoms with E-state index in [1.54, 1.807) is 0 Å². The molecule has 0 N–H and O–H groups in total. The Balaban J connectivity index is 0.911. The van der Waals surface area contributed by atoms with Crippen LogP contribution in [0.3, 0.4) is 0 Å². The minimum absolute atomic E-state index is 1.07. The maximum atomic E-state index is 2.40. The van der Waals surface area contributed by atoms with Crippen LogP contribution in [-0.2, 0) is 0 Å². The number of anilines is 6. The van der Waals surface area contributed by atoms with E-state index in [1.165, 1.54) is 75.4 Å². The highest BCUT2D eigenvalue weighted by Crippen LogP contribution is 2.44. The highest BCUT2D eigenvalue weighted by molar-refractivity contribution is 7.25. The van der Waals surface area contributed by atoms with Crippen LogP contribution in [0.15, 0.2) is 273 Å². The summed E-state index contributed by atoms with van der Waals surface area (Å²) in [6.45, 7) is 0. The molecule has 0 unspecified atom stereocenters. The first-order chi connectivity index (χ1) is 34.7. The molecule has 4 heteroatoms. The second kappa shape index (κ2) is 17.6. The number of nitrogens with zero attached hydrogens (tertiary/aromatic N) is 3. The van der Waals surface area contributed by atoms with E-state index in [0.29, 0.717) is 0 Å². The van der Waals surface area contributed by atoms with Crippen molar-refractivity contribution < 1.29 is 0 Å². The Bertz CT molecular complexity index is 3960. The molecular formula is C66H45N3S. The van der Waals surface area contributed by atoms with Crippen LogP contribution in [0.2, 0.25) is 0 Å². The molecule has 0 amide bonds. The van der Waals surface area contributed by atoms with Crippen molar-refractivity contribution in [1.82, 2.24) is 4.57 Å². The summed E-state index contributed by atoms with van der Waals surface area (Å²) >= 11 is 1.85. The summed E-state index contributed by atoms with van der Waals surface area (Å²) in [5, 5.41) is 5.02. The topological polar surface area (TPSA) is 11.4 Å². The molecule has 0 spiro atoms. The first-order valence-electron chi connectivity index (χ1n) is 23.8. The number of rotatable bonds is 10. The lowest BCUT2D eigenvalue weighted by Crippen LogP contribution is -2.12. The fourth-order valence-corrected chi connectivity index (χ4v) is 11.2. The summed E-state index contributed by atoms with van der Waals surface area (Å²) in [6, 6.07) is 99.0. The highest BCUT2D eigenvalue weighted by atomic mass is 32.1. The molecule has 2 heterocycles. The van der Waals surface area contributed by atoms with Gasteiger partial charge in [-0.05, 0) is 149 Å². The molecule has 0 bridgehead atoms. The largest absolute Gasteiger partial charge is 0.311 e. The molecule has 0 aliphatic rings. The van der Waals surface area contributed by atoms with Gasteiger partial charge in [-0.3, -0.25) is 0 Å². The number of hydrogen-bond acceptors (Lipinski definition) is 3. The van der Waals surface area contributed by atoms with Crippen LogP contribution >= 0.6 is 11.3 Å². The zero-order valence-corrected chi connectivity index (χ0v) is 39.0. The monoisotopic (exact) mass is 911 g/mol. The maximum absolute atomic E-state index is 2.40. The molecule has 0 aliphatic heterocycles. The average Bonchev–Trinajstić information content (AvgIpc) is 3.97. The van der Waals surface area contributed by atoms with Gasteiger partial charge >= 0.3 is 0 Å². The smallest absolute Gasteiger partial charge is 0.0547 e. The van der Waals surface area contributed by atoms with Gasteiger partial charge in [-0.2, -0.15) is 0 Å². The molecule has 0 aliphatic carbocycles. The van der Waals surface area contributed by atoms with Gasteiger partial charge in [-0.15, -0.1) is 11.3 Å². The number of thiophene rings is 1. The third-order valence-corrected chi connectivity index (χ3v) is 14.7. The number of benzene rings is 11. The fraction of sp³-hybridized carbons (Fsp3) is 0. The molecule has 3 nitrogen and oxygen atoms in total. The van der Waals surface area contributed by atoms with Crippen LogP contribution in [0.5, 0.6) is 0 Å². The SMILES string of the molecule is c1ccc(-c2ccc(N(c3ccccc3)c3ccc(N(c4ccc(-c5ccccc5)cc4)c4ccc5sc6ccc(-c7ccc8c9ccccc9n(-c9ccccc9)c8c7)cc6c5c4)cc3)cc2)cc1. The van der Waals surface area contributed by atoms with Crippen LogP contribution in [0.4, 0.5) is 34.1 Å². The molecule has 13 aromatic rings. The first-order valence-corrected chi connectivity index (χ1v) is 24.6. The van der Waals surface area contributed by atoms with E-state index in [0.717, 1.165) is 39.8 Å². The molecule has 0 radical (unpaired) electrons. The lowest BCUT2D eigenvalue weighted by atomic mass is 10.0. The van der Waals surface area contributed by atoms with Gasteiger partial charge < -0.3 is 14.4 Å². The Labute approximate surface area is 411 Å². The van der Waals surface area contributed by atoms with Crippen molar-refractivity contribution in [3.05, 3.63) is 273 Å². The van der Waals surface area contributed by atoms with Gasteiger partial charge in [0.25, 0.3) is 0 Å². The van der Waals surface area contributed by atoms with E-state index in [-0.39, 0.29) is 0 Å². The second-order valence-corrected chi connectivity index (χ2v) is 18.8. The fourth-order valence-electron chi connectivity index (χ4n) is 10.2. The second-order valence-electron chi connectivity index (χ2n) is 17.8. The van der Waals surface area contributed by atoms with Crippen LogP contribution < -0.4 is 9.80 Å². The summed E-state index contributed by atoms with van der Waals surface area (Å²) in [5.41, 5.74) is 17.3. The normalized spacial score (nSPS) is 11.4. The lowest BCUT2D eigenvalue weighted by molar-refractivity contribution is 1.18. The van der Waals surface area contributed by atoms with Crippen molar-refractivity contribution in [2.45, 2.75) is 0 Å². The molecule has 0 atom stereocenters. The van der Waals surface area contributed by atoms with Crippen molar-refractivity contribution in [3.8, 4) is 39.1 Å². The number of fused-ring (bicyclic) bond motifs is 6. The van der Waals surface area contributed by atoms with Gasteiger partial charge in [0.05, 0.1) is 11.0 Å². The average molecular weight is 912 g/mol. The molecule has 2 aromatic heterocycles. The summed E-state index contributed by atoms with van der Waals surface area (Å²) in [6.07, 6.45) is 0. The summed E-state index contributed by atoms with van der Waals surface area (Å²) in [5.74, 6) is 0. The zero-order valence-electron chi connectivity index (χ0n) is 38.2. The predicted molar refractivity (Wildman–Crippen MR) is 299 cm³/mol. The van der Waals surface area contributed by atoms with Crippen molar-refractivity contribution in [3.63, 3.8) is 0 Å². The van der Waals surface area contributed by atoms with E-state index < -0.39 is 0 Å². The quantitative estimate of drug-likeness (QED) is 0.135. The van der Waals surface area contributed by atoms with E-state index >= 15 is 0 Å². The molecule has 0 saturated heterocycles. The Morgan fingerprint density at radius 3 is 1.23 bits per heavy atom. The molecule has 70 heavy (non-hydrogen) atoms. The zero-order chi connectivity index (χ0) is 46.4. The third-order valence-electron chi connectivity index (χ3n) is 13.6. The van der Waals surface area contributed by atoms with E-state index in [4.69, 9.17) is 0 Å². The third kappa shape index (κ3) is 7.48. The lowest BCUT2D eigenvalue weighted by Gasteiger charge is -2.28. The van der Waals surface area contributed by atoms with Gasteiger partial charge in [0.1, 0.15) is 0 Å². The Hall–Kier alpha value is -8.96. The van der Waals surface area contributed by atoms with E-state index in [9.17, 15) is 0 Å². The minimum Gasteiger partial charge on any atom is -0.311 e. The number of para-hydroxylation sites is 3. The molecule has 0 saturated carbocycles. The van der Waals surface area contributed by atoms with Crippen LogP contribution in [-0.4, -0.2) is 4.57 Å². The molecular weight excluding hydrogens is 867 g/mol. The van der Waals surface area contributed by atoms with Gasteiger partial charge in [0.15, 0.2) is 0 Å². The van der Waals surface area contributed by atoms with Crippen LogP contribution in [0.1, 0.15) is 0 Å². The molecule has 0 fully saturated rings. The predicted octanol–water partition coefficient (Wildman–Crippen LogP) is 19.1. The van der Waals surface area contributed by atoms with Gasteiger partial charge in [0, 0.05) is 70.8 Å². The van der Waals surface area contributed by atoms with E-state index in [1.807, 2.05) is 11.3 Å². The Kier molecular flexibility index (Phi) is 10.4. The summed E-state index contributed by atoms with van der Waals surface area (Å²) in [7, 11) is 0. The minimum atomic E-state index is 1.07. The van der Waals surface area contributed by atoms with Gasteiger partial charge in [-0.1, -0.05) is 158 Å². The summed E-state index contributed by atoms with van der Waals surface area (Å²) in [4.78, 5) is 4.72. The van der Waals surface area contributed by atoms with Crippen molar-refractivity contribution in [2.75, 3.05) is 9.80 Å². The Morgan fingerprint density at radius 2 is 0.629 bits per heavy atom. The van der Waals surface area contributed by atoms with Crippen molar-refractivity contribution in [2.24, 2.45) is 0 Å². The van der Waals surface area contributed by atoms with Gasteiger partial charge in [0.2, 0.25) is 0 Å². The van der Waals surface area contributed by atoms with E-state index in [2.05, 4.69) is 287 Å². The van der Waals surface area contributed by atoms with Crippen LogP contribution in [0.25, 0.3) is 81.0 Å². The molecule has 330 valence electrons. The number of hydrogen-bond donors (Lipinski definition) is 0. The first kappa shape index (κ1) is 41.2. The van der Waals surface area contributed by atoms with Crippen LogP contribution in [0, 0.1) is 0 Å². The summed E-state index contributed by atoms with van der Waals surface area (Å²) < 4.78 is 4.94. The Morgan fingerprint density at radius 1 is 0.243 bits per heavy atom. The van der Waals surface area contributed by atoms with Crippen molar-refractivity contribution >= 4 is 87.4 Å². The molecule has 13 rings (SSSR count). The standard InChI is InChI=1S/C66H45N3S/c1-5-15-46(16-6-1)48-25-31-54(32-26-48)67(52-19-9-3-10-20-52)56-35-37-57(38-36-56)68(55-33-27-49(28-34-55)47-17-7-2-8-18-47)58-39-42-66-62(45-58)61-43-50(30-41-65(61)70-66)51-29-40-60-59-23-13-14-24-63(59)69(64(60)44-51)53-21-11-4-12-22-53/h1-45H. The number of aromatic nitrogens is 1. The van der Waals surface area contributed by atoms with Gasteiger partial charge in [-0.25, -0.2) is 0 Å². The van der Waals surface area contributed by atoms with Crippen molar-refractivity contribution in [1.29, 1.82) is 0 Å². The highest BCUT2D eigenvalue weighted by Gasteiger charge is 2.19. The maximum Gasteiger partial charge on any atom is 0.0547 e.